The molecule has 2 atom stereocenters. The molecule has 0 aliphatic rings. The molecular weight excluding hydrogens is 226 g/mol. The van der Waals surface area contributed by atoms with Crippen molar-refractivity contribution in [1.82, 2.24) is 5.32 Å². The number of hydrogen-bond acceptors (Lipinski definition) is 3. The Morgan fingerprint density at radius 1 is 1.44 bits per heavy atom. The highest BCUT2D eigenvalue weighted by Gasteiger charge is 2.08. The maximum Gasteiger partial charge on any atom is 0.251 e. The molecule has 0 saturated heterocycles. The van der Waals surface area contributed by atoms with Crippen molar-refractivity contribution >= 4 is 16.7 Å². The van der Waals surface area contributed by atoms with Crippen LogP contribution in [0, 0.1) is 0 Å². The van der Waals surface area contributed by atoms with Gasteiger partial charge in [-0.3, -0.25) is 9.00 Å². The summed E-state index contributed by atoms with van der Waals surface area (Å²) >= 11 is 0. The minimum atomic E-state index is -1.03. The zero-order valence-electron chi connectivity index (χ0n) is 9.27. The van der Waals surface area contributed by atoms with E-state index in [1.807, 2.05) is 0 Å². The Hall–Kier alpha value is -1.20. The third kappa shape index (κ3) is 3.43. The van der Waals surface area contributed by atoms with Gasteiger partial charge in [-0.25, -0.2) is 0 Å². The largest absolute Gasteiger partial charge is 0.394 e. The molecule has 0 heterocycles. The standard InChI is InChI=1S/C11H15NO3S/c1-8(7-13)12-11(14)9-3-5-10(6-4-9)16(2)15/h3-6,8,13H,7H2,1-2H3,(H,12,14). The average Bonchev–Trinajstić information content (AvgIpc) is 2.28. The highest BCUT2D eigenvalue weighted by molar-refractivity contribution is 7.84. The SMILES string of the molecule is CC(CO)NC(=O)c1ccc(S(C)=O)cc1. The number of amides is 1. The van der Waals surface area contributed by atoms with Crippen molar-refractivity contribution in [2.24, 2.45) is 0 Å². The zero-order valence-corrected chi connectivity index (χ0v) is 10.1. The number of aliphatic hydroxyl groups excluding tert-OH is 1. The van der Waals surface area contributed by atoms with Crippen LogP contribution in [0.15, 0.2) is 29.2 Å². The van der Waals surface area contributed by atoms with Gasteiger partial charge in [0.2, 0.25) is 0 Å². The lowest BCUT2D eigenvalue weighted by atomic mass is 10.2. The topological polar surface area (TPSA) is 66.4 Å². The number of carbonyl (C=O) groups is 1. The summed E-state index contributed by atoms with van der Waals surface area (Å²) in [7, 11) is -1.03. The maximum atomic E-state index is 11.6. The second-order valence-corrected chi connectivity index (χ2v) is 4.92. The molecule has 2 unspecified atom stereocenters. The summed E-state index contributed by atoms with van der Waals surface area (Å²) in [4.78, 5) is 12.3. The fourth-order valence-electron chi connectivity index (χ4n) is 1.15. The lowest BCUT2D eigenvalue weighted by molar-refractivity contribution is 0.0922. The molecule has 4 nitrogen and oxygen atoms in total. The van der Waals surface area contributed by atoms with Crippen LogP contribution in [0.1, 0.15) is 17.3 Å². The number of benzene rings is 1. The first-order valence-corrected chi connectivity index (χ1v) is 6.45. The van der Waals surface area contributed by atoms with Gasteiger partial charge in [-0.15, -0.1) is 0 Å². The Labute approximate surface area is 97.1 Å². The highest BCUT2D eigenvalue weighted by Crippen LogP contribution is 2.07. The van der Waals surface area contributed by atoms with Gasteiger partial charge >= 0.3 is 0 Å². The molecule has 0 aliphatic heterocycles. The van der Waals surface area contributed by atoms with Crippen molar-refractivity contribution in [2.45, 2.75) is 17.9 Å². The number of carbonyl (C=O) groups excluding carboxylic acids is 1. The molecule has 1 aromatic carbocycles. The number of nitrogens with one attached hydrogen (secondary N) is 1. The van der Waals surface area contributed by atoms with E-state index in [-0.39, 0.29) is 18.6 Å². The predicted octanol–water partition coefficient (Wildman–Crippen LogP) is 0.535. The van der Waals surface area contributed by atoms with E-state index in [2.05, 4.69) is 5.32 Å². The van der Waals surface area contributed by atoms with Gasteiger partial charge in [-0.05, 0) is 31.2 Å². The van der Waals surface area contributed by atoms with E-state index in [1.165, 1.54) is 0 Å². The van der Waals surface area contributed by atoms with E-state index in [0.29, 0.717) is 10.5 Å². The molecule has 0 saturated carbocycles. The van der Waals surface area contributed by atoms with Gasteiger partial charge in [-0.2, -0.15) is 0 Å². The molecule has 0 fully saturated rings. The zero-order chi connectivity index (χ0) is 12.1. The molecular formula is C11H15NO3S. The summed E-state index contributed by atoms with van der Waals surface area (Å²) in [6, 6.07) is 6.29. The molecule has 0 bridgehead atoms. The first-order valence-electron chi connectivity index (χ1n) is 4.90. The lowest BCUT2D eigenvalue weighted by Gasteiger charge is -2.10. The minimum Gasteiger partial charge on any atom is -0.394 e. The van der Waals surface area contributed by atoms with E-state index in [0.717, 1.165) is 0 Å². The third-order valence-corrected chi connectivity index (χ3v) is 3.04. The number of aliphatic hydroxyl groups is 1. The quantitative estimate of drug-likeness (QED) is 0.808. The minimum absolute atomic E-state index is 0.0944. The van der Waals surface area contributed by atoms with E-state index in [9.17, 15) is 9.00 Å². The van der Waals surface area contributed by atoms with Crippen molar-refractivity contribution < 1.29 is 14.1 Å². The molecule has 88 valence electrons. The van der Waals surface area contributed by atoms with Gasteiger partial charge < -0.3 is 10.4 Å². The van der Waals surface area contributed by atoms with Crippen LogP contribution in [0.25, 0.3) is 0 Å². The predicted molar refractivity (Wildman–Crippen MR) is 62.8 cm³/mol. The first-order chi connectivity index (χ1) is 7.54. The molecule has 1 aromatic rings. The Balaban J connectivity index is 2.74. The second kappa shape index (κ2) is 5.77. The van der Waals surface area contributed by atoms with Crippen molar-refractivity contribution in [1.29, 1.82) is 0 Å². The third-order valence-electron chi connectivity index (χ3n) is 2.10. The van der Waals surface area contributed by atoms with Crippen LogP contribution in [0.2, 0.25) is 0 Å². The second-order valence-electron chi connectivity index (χ2n) is 3.54. The molecule has 0 aliphatic carbocycles. The molecule has 1 amide bonds. The summed E-state index contributed by atoms with van der Waals surface area (Å²) in [6.07, 6.45) is 1.59. The molecule has 16 heavy (non-hydrogen) atoms. The molecule has 2 N–H and O–H groups in total. The summed E-state index contributed by atoms with van der Waals surface area (Å²) in [5, 5.41) is 11.4. The van der Waals surface area contributed by atoms with Crippen molar-refractivity contribution in [2.75, 3.05) is 12.9 Å². The monoisotopic (exact) mass is 241 g/mol. The molecule has 0 radical (unpaired) electrons. The van der Waals surface area contributed by atoms with Gasteiger partial charge in [0.1, 0.15) is 0 Å². The Morgan fingerprint density at radius 2 is 2.00 bits per heavy atom. The van der Waals surface area contributed by atoms with E-state index in [1.54, 1.807) is 37.4 Å². The Bertz CT molecular complexity index is 389. The molecule has 0 aromatic heterocycles. The van der Waals surface area contributed by atoms with Gasteiger partial charge in [0.25, 0.3) is 5.91 Å². The Morgan fingerprint density at radius 3 is 2.44 bits per heavy atom. The van der Waals surface area contributed by atoms with Gasteiger partial charge in [0, 0.05) is 33.6 Å². The van der Waals surface area contributed by atoms with Crippen LogP contribution in [0.3, 0.4) is 0 Å². The van der Waals surface area contributed by atoms with Crippen molar-refractivity contribution in [3.8, 4) is 0 Å². The number of hydrogen-bond donors (Lipinski definition) is 2. The smallest absolute Gasteiger partial charge is 0.251 e. The maximum absolute atomic E-state index is 11.6. The molecule has 5 heteroatoms. The lowest BCUT2D eigenvalue weighted by Crippen LogP contribution is -2.34. The fourth-order valence-corrected chi connectivity index (χ4v) is 1.67. The van der Waals surface area contributed by atoms with Crippen LogP contribution in [0.5, 0.6) is 0 Å². The fraction of sp³-hybridized carbons (Fsp3) is 0.364. The van der Waals surface area contributed by atoms with Gasteiger partial charge in [0.15, 0.2) is 0 Å². The van der Waals surface area contributed by atoms with Crippen LogP contribution in [-0.4, -0.2) is 34.1 Å². The van der Waals surface area contributed by atoms with Crippen LogP contribution in [0.4, 0.5) is 0 Å². The van der Waals surface area contributed by atoms with Crippen LogP contribution >= 0.6 is 0 Å². The summed E-state index contributed by atoms with van der Waals surface area (Å²) < 4.78 is 11.1. The van der Waals surface area contributed by atoms with Gasteiger partial charge in [-0.1, -0.05) is 0 Å². The molecule has 1 rings (SSSR count). The summed E-state index contributed by atoms with van der Waals surface area (Å²) in [6.45, 7) is 1.62. The normalized spacial score (nSPS) is 14.2. The van der Waals surface area contributed by atoms with Crippen LogP contribution < -0.4 is 5.32 Å². The van der Waals surface area contributed by atoms with E-state index in [4.69, 9.17) is 5.11 Å². The molecule has 0 spiro atoms. The average molecular weight is 241 g/mol. The van der Waals surface area contributed by atoms with E-state index < -0.39 is 10.8 Å². The van der Waals surface area contributed by atoms with Gasteiger partial charge in [0.05, 0.1) is 6.61 Å². The number of rotatable bonds is 4. The van der Waals surface area contributed by atoms with Crippen molar-refractivity contribution in [3.05, 3.63) is 29.8 Å². The van der Waals surface area contributed by atoms with E-state index >= 15 is 0 Å². The first kappa shape index (κ1) is 12.9. The highest BCUT2D eigenvalue weighted by atomic mass is 32.2. The van der Waals surface area contributed by atoms with Crippen LogP contribution in [-0.2, 0) is 10.8 Å². The Kier molecular flexibility index (Phi) is 4.64. The summed E-state index contributed by atoms with van der Waals surface area (Å²) in [5.74, 6) is -0.241. The summed E-state index contributed by atoms with van der Waals surface area (Å²) in [5.41, 5.74) is 0.495. The van der Waals surface area contributed by atoms with Crippen molar-refractivity contribution in [3.63, 3.8) is 0 Å².